The van der Waals surface area contributed by atoms with Gasteiger partial charge in [-0.2, -0.15) is 13.2 Å². The number of hydrogen-bond donors (Lipinski definition) is 1. The van der Waals surface area contributed by atoms with Gasteiger partial charge in [0.15, 0.2) is 0 Å². The third kappa shape index (κ3) is 7.83. The van der Waals surface area contributed by atoms with E-state index in [-0.39, 0.29) is 11.8 Å². The third-order valence-corrected chi connectivity index (χ3v) is 10.3. The molecular formula is C32H49F3N4O4. The zero-order valence-corrected chi connectivity index (χ0v) is 25.7. The highest BCUT2D eigenvalue weighted by Crippen LogP contribution is 2.49. The Labute approximate surface area is 254 Å². The smallest absolute Gasteiger partial charge is 0.381 e. The number of amides is 1. The maximum Gasteiger partial charge on any atom is 0.416 e. The van der Waals surface area contributed by atoms with Gasteiger partial charge >= 0.3 is 6.18 Å². The second kappa shape index (κ2) is 14.4. The topological polar surface area (TPSA) is 76.2 Å². The molecule has 5 aliphatic rings. The Kier molecular flexibility index (Phi) is 10.9. The fourth-order valence-corrected chi connectivity index (χ4v) is 7.48. The standard InChI is InChI=1S/C26H37F3N4O3.C6H12O/c1-18-16-35-13-5-22(18)31-21-2-6-25(15-21,20-4-12-36-17-20)24(34)33-10-8-32(9-11-33)23-14-19(3-7-30-23)26(27,28)29;1-2-6-3-4-7-5-6/h3,7,14,18,20-22,31H,2,4-6,8-13,15-17H2,1H3;6H,2-5H2,1H3/t18?,20?,21-,22?,25+;6-/m11/s1. The van der Waals surface area contributed by atoms with E-state index in [2.05, 4.69) is 24.1 Å². The second-order valence-corrected chi connectivity index (χ2v) is 13.1. The van der Waals surface area contributed by atoms with E-state index < -0.39 is 17.2 Å². The lowest BCUT2D eigenvalue weighted by molar-refractivity contribution is -0.146. The molecule has 6 atom stereocenters. The molecule has 8 nitrogen and oxygen atoms in total. The molecule has 6 rings (SSSR count). The summed E-state index contributed by atoms with van der Waals surface area (Å²) in [4.78, 5) is 22.0. The fourth-order valence-electron chi connectivity index (χ4n) is 7.48. The molecule has 5 fully saturated rings. The summed E-state index contributed by atoms with van der Waals surface area (Å²) in [5, 5.41) is 3.85. The van der Waals surface area contributed by atoms with Crippen molar-refractivity contribution < 1.29 is 32.2 Å². The molecule has 1 aromatic rings. The average Bonchev–Trinajstić information content (AvgIpc) is 3.81. The number of anilines is 1. The Morgan fingerprint density at radius 2 is 1.74 bits per heavy atom. The van der Waals surface area contributed by atoms with Crippen molar-refractivity contribution in [3.63, 3.8) is 0 Å². The van der Waals surface area contributed by atoms with E-state index in [1.165, 1.54) is 19.0 Å². The van der Waals surface area contributed by atoms with Crippen molar-refractivity contribution in [1.82, 2.24) is 15.2 Å². The van der Waals surface area contributed by atoms with Crippen LogP contribution in [0.4, 0.5) is 19.0 Å². The number of carbonyl (C=O) groups excluding carboxylic acids is 1. The molecule has 5 heterocycles. The summed E-state index contributed by atoms with van der Waals surface area (Å²) in [5.41, 5.74) is -1.13. The molecule has 1 aliphatic carbocycles. The van der Waals surface area contributed by atoms with Crippen LogP contribution in [0, 0.1) is 23.2 Å². The van der Waals surface area contributed by atoms with Gasteiger partial charge in [0, 0.05) is 70.9 Å². The first-order chi connectivity index (χ1) is 20.7. The number of halogens is 3. The van der Waals surface area contributed by atoms with Gasteiger partial charge in [-0.25, -0.2) is 4.98 Å². The second-order valence-electron chi connectivity index (χ2n) is 13.1. The average molecular weight is 611 g/mol. The van der Waals surface area contributed by atoms with Gasteiger partial charge in [0.1, 0.15) is 5.82 Å². The van der Waals surface area contributed by atoms with Crippen LogP contribution in [0.2, 0.25) is 0 Å². The minimum atomic E-state index is -4.40. The van der Waals surface area contributed by atoms with Crippen LogP contribution in [0.5, 0.6) is 0 Å². The lowest BCUT2D eigenvalue weighted by Gasteiger charge is -2.42. The molecule has 4 saturated heterocycles. The molecule has 242 valence electrons. The molecule has 0 bridgehead atoms. The highest BCUT2D eigenvalue weighted by Gasteiger charge is 2.53. The van der Waals surface area contributed by atoms with E-state index in [0.29, 0.717) is 63.2 Å². The van der Waals surface area contributed by atoms with E-state index in [9.17, 15) is 18.0 Å². The van der Waals surface area contributed by atoms with Gasteiger partial charge in [-0.3, -0.25) is 4.79 Å². The van der Waals surface area contributed by atoms with Crippen LogP contribution in [0.25, 0.3) is 0 Å². The van der Waals surface area contributed by atoms with E-state index in [1.807, 2.05) is 9.80 Å². The minimum absolute atomic E-state index is 0.193. The Morgan fingerprint density at radius 3 is 2.37 bits per heavy atom. The van der Waals surface area contributed by atoms with Gasteiger partial charge in [0.05, 0.1) is 24.2 Å². The molecular weight excluding hydrogens is 561 g/mol. The highest BCUT2D eigenvalue weighted by atomic mass is 19.4. The Hall–Kier alpha value is -1.95. The summed E-state index contributed by atoms with van der Waals surface area (Å²) in [6.45, 7) is 11.2. The number of nitrogens with zero attached hydrogens (tertiary/aromatic N) is 3. The van der Waals surface area contributed by atoms with Crippen molar-refractivity contribution in [3.05, 3.63) is 23.9 Å². The van der Waals surface area contributed by atoms with E-state index >= 15 is 0 Å². The van der Waals surface area contributed by atoms with Crippen molar-refractivity contribution >= 4 is 11.7 Å². The van der Waals surface area contributed by atoms with Crippen LogP contribution >= 0.6 is 0 Å². The monoisotopic (exact) mass is 610 g/mol. The molecule has 1 amide bonds. The molecule has 1 saturated carbocycles. The van der Waals surface area contributed by atoms with Crippen molar-refractivity contribution in [3.8, 4) is 0 Å². The molecule has 0 aromatic carbocycles. The number of nitrogens with one attached hydrogen (secondary N) is 1. The van der Waals surface area contributed by atoms with Gasteiger partial charge < -0.3 is 29.3 Å². The van der Waals surface area contributed by atoms with Gasteiger partial charge in [-0.1, -0.05) is 20.3 Å². The van der Waals surface area contributed by atoms with Crippen LogP contribution in [-0.2, 0) is 25.2 Å². The van der Waals surface area contributed by atoms with Crippen LogP contribution < -0.4 is 10.2 Å². The molecule has 11 heteroatoms. The SMILES string of the molecule is CC1COCCC1N[C@@H]1CC[C@@](C(=O)N2CCN(c3cc(C(F)(F)F)ccn3)CC2)(C2CCOC2)C1.CC[C@@H]1CCOC1. The van der Waals surface area contributed by atoms with Gasteiger partial charge in [-0.05, 0) is 68.4 Å². The summed E-state index contributed by atoms with van der Waals surface area (Å²) >= 11 is 0. The summed E-state index contributed by atoms with van der Waals surface area (Å²) in [6.07, 6.45) is 3.92. The largest absolute Gasteiger partial charge is 0.416 e. The van der Waals surface area contributed by atoms with Gasteiger partial charge in [0.25, 0.3) is 0 Å². The minimum Gasteiger partial charge on any atom is -0.381 e. The van der Waals surface area contributed by atoms with Crippen molar-refractivity contribution in [2.24, 2.45) is 23.2 Å². The highest BCUT2D eigenvalue weighted by molar-refractivity contribution is 5.84. The van der Waals surface area contributed by atoms with Crippen LogP contribution in [0.3, 0.4) is 0 Å². The summed E-state index contributed by atoms with van der Waals surface area (Å²) in [7, 11) is 0. The van der Waals surface area contributed by atoms with Gasteiger partial charge in [0.2, 0.25) is 5.91 Å². The predicted molar refractivity (Wildman–Crippen MR) is 158 cm³/mol. The molecule has 3 unspecified atom stereocenters. The normalized spacial score (nSPS) is 33.4. The van der Waals surface area contributed by atoms with E-state index in [4.69, 9.17) is 14.2 Å². The van der Waals surface area contributed by atoms with Gasteiger partial charge in [-0.15, -0.1) is 0 Å². The molecule has 43 heavy (non-hydrogen) atoms. The van der Waals surface area contributed by atoms with Crippen LogP contribution in [-0.4, -0.2) is 93.7 Å². The number of pyridine rings is 1. The number of hydrogen-bond acceptors (Lipinski definition) is 7. The third-order valence-electron chi connectivity index (χ3n) is 10.3. The zero-order chi connectivity index (χ0) is 30.5. The predicted octanol–water partition coefficient (Wildman–Crippen LogP) is 4.77. The lowest BCUT2D eigenvalue weighted by atomic mass is 9.71. The first-order valence-corrected chi connectivity index (χ1v) is 16.3. The first kappa shape index (κ1) is 32.4. The zero-order valence-electron chi connectivity index (χ0n) is 25.7. The van der Waals surface area contributed by atoms with E-state index in [1.54, 1.807) is 0 Å². The van der Waals surface area contributed by atoms with Crippen LogP contribution in [0.15, 0.2) is 18.3 Å². The number of carbonyl (C=O) groups is 1. The van der Waals surface area contributed by atoms with Crippen molar-refractivity contribution in [2.75, 3.05) is 70.7 Å². The number of ether oxygens (including phenoxy) is 3. The Bertz CT molecular complexity index is 1040. The number of rotatable bonds is 6. The summed E-state index contributed by atoms with van der Waals surface area (Å²) in [5.74, 6) is 2.05. The number of aromatic nitrogens is 1. The number of piperazine rings is 1. The Morgan fingerprint density at radius 1 is 1.02 bits per heavy atom. The maximum atomic E-state index is 14.1. The Balaban J connectivity index is 0.000000463. The molecule has 0 spiro atoms. The number of alkyl halides is 3. The van der Waals surface area contributed by atoms with Crippen molar-refractivity contribution in [1.29, 1.82) is 0 Å². The quantitative estimate of drug-likeness (QED) is 0.498. The molecule has 0 radical (unpaired) electrons. The molecule has 1 N–H and O–H groups in total. The summed E-state index contributed by atoms with van der Waals surface area (Å²) in [6, 6.07) is 2.80. The van der Waals surface area contributed by atoms with Crippen LogP contribution in [0.1, 0.15) is 64.4 Å². The van der Waals surface area contributed by atoms with Crippen molar-refractivity contribution in [2.45, 2.75) is 77.1 Å². The van der Waals surface area contributed by atoms with E-state index in [0.717, 1.165) is 76.6 Å². The molecule has 4 aliphatic heterocycles. The molecule has 1 aromatic heterocycles. The first-order valence-electron chi connectivity index (χ1n) is 16.3. The maximum absolute atomic E-state index is 14.1. The summed E-state index contributed by atoms with van der Waals surface area (Å²) < 4.78 is 55.9. The fraction of sp³-hybridized carbons (Fsp3) is 0.812. The lowest BCUT2D eigenvalue weighted by Crippen LogP contribution is -2.55.